The van der Waals surface area contributed by atoms with Crippen LogP contribution in [0, 0.1) is 5.92 Å². The van der Waals surface area contributed by atoms with Crippen molar-refractivity contribution in [3.8, 4) is 5.75 Å². The molecule has 0 aliphatic carbocycles. The molecule has 4 aromatic rings. The van der Waals surface area contributed by atoms with Gasteiger partial charge in [0.2, 0.25) is 5.95 Å². The topological polar surface area (TPSA) is 74.3 Å². The molecule has 9 heteroatoms. The molecule has 8 nitrogen and oxygen atoms in total. The van der Waals surface area contributed by atoms with Gasteiger partial charge in [-0.15, -0.1) is 0 Å². The summed E-state index contributed by atoms with van der Waals surface area (Å²) >= 11 is 5.99. The average molecular weight is 466 g/mol. The smallest absolute Gasteiger partial charge is 0.332 e. The van der Waals surface area contributed by atoms with Crippen LogP contribution in [0.1, 0.15) is 12.5 Å². The largest absolute Gasteiger partial charge is 0.495 e. The molecular weight excluding hydrogens is 442 g/mol. The molecule has 0 bridgehead atoms. The van der Waals surface area contributed by atoms with Crippen LogP contribution in [0.25, 0.3) is 11.2 Å². The van der Waals surface area contributed by atoms with Gasteiger partial charge < -0.3 is 14.2 Å². The molecule has 0 N–H and O–H groups in total. The first-order chi connectivity index (χ1) is 15.9. The lowest BCUT2D eigenvalue weighted by Gasteiger charge is -2.33. The number of hydrogen-bond donors (Lipinski definition) is 0. The summed E-state index contributed by atoms with van der Waals surface area (Å²) in [6, 6.07) is 14.9. The minimum atomic E-state index is -0.408. The Hall–Kier alpha value is -3.52. The molecule has 0 unspecified atom stereocenters. The molecule has 5 rings (SSSR count). The molecule has 170 valence electrons. The van der Waals surface area contributed by atoms with Gasteiger partial charge in [0.25, 0.3) is 5.56 Å². The molecule has 1 atom stereocenters. The van der Waals surface area contributed by atoms with Gasteiger partial charge in [-0.05, 0) is 35.7 Å². The Balaban J connectivity index is 1.72. The summed E-state index contributed by atoms with van der Waals surface area (Å²) in [6.45, 7) is 3.64. The van der Waals surface area contributed by atoms with Gasteiger partial charge in [0, 0.05) is 25.2 Å². The Labute approximate surface area is 195 Å². The predicted molar refractivity (Wildman–Crippen MR) is 129 cm³/mol. The number of imidazole rings is 1. The SMILES string of the molecule is COc1ccccc1N1C[C@@H](C)Cn2c1nc1c2c(=O)n(Cc2ccc(Cl)cc2)c(=O)n1C. The maximum absolute atomic E-state index is 13.6. The molecule has 3 heterocycles. The summed E-state index contributed by atoms with van der Waals surface area (Å²) in [6.07, 6.45) is 0. The first kappa shape index (κ1) is 21.3. The van der Waals surface area contributed by atoms with Crippen LogP contribution in [-0.2, 0) is 20.1 Å². The first-order valence-corrected chi connectivity index (χ1v) is 11.1. The molecule has 1 aliphatic rings. The summed E-state index contributed by atoms with van der Waals surface area (Å²) in [5.74, 6) is 1.60. The quantitative estimate of drug-likeness (QED) is 0.462. The van der Waals surface area contributed by atoms with Crippen molar-refractivity contribution in [3.63, 3.8) is 0 Å². The van der Waals surface area contributed by atoms with Crippen molar-refractivity contribution in [1.82, 2.24) is 18.7 Å². The van der Waals surface area contributed by atoms with Crippen molar-refractivity contribution in [2.24, 2.45) is 13.0 Å². The Morgan fingerprint density at radius 1 is 1.09 bits per heavy atom. The number of ether oxygens (including phenoxy) is 1. The van der Waals surface area contributed by atoms with Crippen molar-refractivity contribution >= 4 is 34.4 Å². The fourth-order valence-electron chi connectivity index (χ4n) is 4.47. The number of benzene rings is 2. The minimum Gasteiger partial charge on any atom is -0.495 e. The van der Waals surface area contributed by atoms with Crippen LogP contribution in [0.5, 0.6) is 5.75 Å². The third-order valence-corrected chi connectivity index (χ3v) is 6.32. The Kier molecular flexibility index (Phi) is 5.25. The number of fused-ring (bicyclic) bond motifs is 3. The number of para-hydroxylation sites is 2. The molecular formula is C24H24ClN5O3. The number of methoxy groups -OCH3 is 1. The van der Waals surface area contributed by atoms with E-state index in [0.717, 1.165) is 23.5 Å². The summed E-state index contributed by atoms with van der Waals surface area (Å²) < 4.78 is 10.2. The monoisotopic (exact) mass is 465 g/mol. The maximum atomic E-state index is 13.6. The number of aryl methyl sites for hydroxylation is 1. The summed E-state index contributed by atoms with van der Waals surface area (Å²) in [4.78, 5) is 33.5. The average Bonchev–Trinajstić information content (AvgIpc) is 3.20. The van der Waals surface area contributed by atoms with E-state index in [1.165, 1.54) is 9.13 Å². The van der Waals surface area contributed by atoms with Crippen LogP contribution in [0.2, 0.25) is 5.02 Å². The van der Waals surface area contributed by atoms with E-state index in [-0.39, 0.29) is 18.0 Å². The standard InChI is InChI=1S/C24H24ClN5O3/c1-15-12-28(18-6-4-5-7-19(18)33-3)23-26-21-20(29(23)13-15)22(31)30(24(32)27(21)2)14-16-8-10-17(25)11-9-16/h4-11,15H,12-14H2,1-3H3/t15-/m1/s1. The highest BCUT2D eigenvalue weighted by molar-refractivity contribution is 6.30. The number of aromatic nitrogens is 4. The van der Waals surface area contributed by atoms with E-state index >= 15 is 0 Å². The lowest BCUT2D eigenvalue weighted by Crippen LogP contribution is -2.40. The van der Waals surface area contributed by atoms with E-state index in [1.807, 2.05) is 41.0 Å². The number of nitrogens with zero attached hydrogens (tertiary/aromatic N) is 5. The van der Waals surface area contributed by atoms with Crippen molar-refractivity contribution < 1.29 is 4.74 Å². The zero-order valence-corrected chi connectivity index (χ0v) is 19.4. The normalized spacial score (nSPS) is 15.6. The Morgan fingerprint density at radius 2 is 1.82 bits per heavy atom. The van der Waals surface area contributed by atoms with E-state index in [2.05, 4.69) is 11.8 Å². The van der Waals surface area contributed by atoms with Gasteiger partial charge in [-0.3, -0.25) is 13.9 Å². The first-order valence-electron chi connectivity index (χ1n) is 10.7. The molecule has 0 saturated carbocycles. The van der Waals surface area contributed by atoms with Crippen LogP contribution in [0.4, 0.5) is 11.6 Å². The molecule has 33 heavy (non-hydrogen) atoms. The van der Waals surface area contributed by atoms with Gasteiger partial charge in [-0.1, -0.05) is 42.8 Å². The van der Waals surface area contributed by atoms with E-state index in [1.54, 1.807) is 26.3 Å². The van der Waals surface area contributed by atoms with Gasteiger partial charge in [0.15, 0.2) is 11.2 Å². The predicted octanol–water partition coefficient (Wildman–Crippen LogP) is 3.39. The van der Waals surface area contributed by atoms with Crippen LogP contribution < -0.4 is 20.9 Å². The minimum absolute atomic E-state index is 0.158. The Bertz CT molecular complexity index is 1470. The zero-order valence-electron chi connectivity index (χ0n) is 18.7. The zero-order chi connectivity index (χ0) is 23.3. The van der Waals surface area contributed by atoms with Crippen LogP contribution in [0.15, 0.2) is 58.1 Å². The molecule has 0 fully saturated rings. The molecule has 0 amide bonds. The van der Waals surface area contributed by atoms with E-state index < -0.39 is 5.69 Å². The van der Waals surface area contributed by atoms with Crippen LogP contribution in [0.3, 0.4) is 0 Å². The van der Waals surface area contributed by atoms with Gasteiger partial charge in [0.1, 0.15) is 5.75 Å². The van der Waals surface area contributed by atoms with Gasteiger partial charge in [-0.2, -0.15) is 4.98 Å². The van der Waals surface area contributed by atoms with E-state index in [4.69, 9.17) is 21.3 Å². The number of halogens is 1. The lowest BCUT2D eigenvalue weighted by molar-refractivity contribution is 0.409. The number of hydrogen-bond acceptors (Lipinski definition) is 5. The fourth-order valence-corrected chi connectivity index (χ4v) is 4.60. The molecule has 0 saturated heterocycles. The highest BCUT2D eigenvalue weighted by Gasteiger charge is 2.31. The lowest BCUT2D eigenvalue weighted by atomic mass is 10.1. The second kappa shape index (κ2) is 8.12. The Morgan fingerprint density at radius 3 is 2.55 bits per heavy atom. The molecule has 1 aliphatic heterocycles. The van der Waals surface area contributed by atoms with Crippen LogP contribution in [-0.4, -0.2) is 32.3 Å². The van der Waals surface area contributed by atoms with Crippen molar-refractivity contribution in [1.29, 1.82) is 0 Å². The number of anilines is 2. The molecule has 2 aromatic heterocycles. The van der Waals surface area contributed by atoms with E-state index in [9.17, 15) is 9.59 Å². The van der Waals surface area contributed by atoms with Crippen LogP contribution >= 0.6 is 11.6 Å². The third-order valence-electron chi connectivity index (χ3n) is 6.07. The summed E-state index contributed by atoms with van der Waals surface area (Å²) in [5, 5.41) is 0.602. The third kappa shape index (κ3) is 3.51. The highest BCUT2D eigenvalue weighted by atomic mass is 35.5. The number of rotatable bonds is 4. The maximum Gasteiger partial charge on any atom is 0.332 e. The summed E-state index contributed by atoms with van der Waals surface area (Å²) in [7, 11) is 3.28. The van der Waals surface area contributed by atoms with Gasteiger partial charge in [-0.25, -0.2) is 4.79 Å². The molecule has 0 spiro atoms. The highest BCUT2D eigenvalue weighted by Crippen LogP contribution is 2.37. The van der Waals surface area contributed by atoms with Crippen molar-refractivity contribution in [2.45, 2.75) is 20.0 Å². The fraction of sp³-hybridized carbons (Fsp3) is 0.292. The summed E-state index contributed by atoms with van der Waals surface area (Å²) in [5.41, 5.74) is 1.73. The molecule has 0 radical (unpaired) electrons. The second-order valence-corrected chi connectivity index (χ2v) is 8.88. The van der Waals surface area contributed by atoms with Crippen molar-refractivity contribution in [2.75, 3.05) is 18.6 Å². The molecule has 2 aromatic carbocycles. The van der Waals surface area contributed by atoms with Crippen molar-refractivity contribution in [3.05, 3.63) is 80.0 Å². The van der Waals surface area contributed by atoms with E-state index in [0.29, 0.717) is 28.7 Å². The van der Waals surface area contributed by atoms with Gasteiger partial charge in [0.05, 0.1) is 19.3 Å². The second-order valence-electron chi connectivity index (χ2n) is 8.44. The van der Waals surface area contributed by atoms with Gasteiger partial charge >= 0.3 is 5.69 Å².